The molecular formula is C38H43N3O7. The van der Waals surface area contributed by atoms with E-state index in [4.69, 9.17) is 9.47 Å². The van der Waals surface area contributed by atoms with Crippen LogP contribution in [0.2, 0.25) is 0 Å². The molecule has 0 unspecified atom stereocenters. The number of carbonyl (C=O) groups excluding carboxylic acids is 4. The van der Waals surface area contributed by atoms with Gasteiger partial charge in [0.15, 0.2) is 6.04 Å². The van der Waals surface area contributed by atoms with Crippen molar-refractivity contribution in [1.82, 2.24) is 15.5 Å². The van der Waals surface area contributed by atoms with Crippen LogP contribution in [-0.4, -0.2) is 72.3 Å². The van der Waals surface area contributed by atoms with E-state index in [1.807, 2.05) is 86.6 Å². The second kappa shape index (κ2) is 17.6. The number of nitrogens with zero attached hydrogens (tertiary/aromatic N) is 1. The van der Waals surface area contributed by atoms with E-state index in [0.717, 1.165) is 33.0 Å². The number of aliphatic hydroxyl groups is 1. The molecule has 0 fully saturated rings. The highest BCUT2D eigenvalue weighted by Gasteiger charge is 2.34. The number of urea groups is 1. The van der Waals surface area contributed by atoms with Crippen molar-refractivity contribution in [2.75, 3.05) is 26.3 Å². The lowest BCUT2D eigenvalue weighted by molar-refractivity contribution is -0.150. The SMILES string of the molecule is CC(=O)NCCOC(=O)[C@H](CO)N(CC(C)C)C(=O)N[C@@H](Cc1ccc(-c2cccc3ccccc23)cc1)C(=O)OCc1ccccc1. The highest BCUT2D eigenvalue weighted by Crippen LogP contribution is 2.29. The summed E-state index contributed by atoms with van der Waals surface area (Å²) in [6.45, 7) is 4.44. The summed E-state index contributed by atoms with van der Waals surface area (Å²) in [6, 6.07) is 28.1. The summed E-state index contributed by atoms with van der Waals surface area (Å²) in [5.74, 6) is -1.83. The van der Waals surface area contributed by atoms with Crippen molar-refractivity contribution in [2.45, 2.75) is 45.9 Å². The number of nitrogens with one attached hydrogen (secondary N) is 2. The van der Waals surface area contributed by atoms with Crippen molar-refractivity contribution < 1.29 is 33.8 Å². The maximum atomic E-state index is 13.8. The van der Waals surface area contributed by atoms with Gasteiger partial charge in [-0.15, -0.1) is 0 Å². The summed E-state index contributed by atoms with van der Waals surface area (Å²) in [5.41, 5.74) is 3.66. The van der Waals surface area contributed by atoms with Gasteiger partial charge >= 0.3 is 18.0 Å². The molecule has 0 spiro atoms. The van der Waals surface area contributed by atoms with Crippen molar-refractivity contribution in [3.63, 3.8) is 0 Å². The van der Waals surface area contributed by atoms with Gasteiger partial charge < -0.3 is 30.1 Å². The van der Waals surface area contributed by atoms with Crippen LogP contribution in [0.5, 0.6) is 0 Å². The van der Waals surface area contributed by atoms with Crippen LogP contribution in [0.25, 0.3) is 21.9 Å². The second-order valence-corrected chi connectivity index (χ2v) is 11.9. The first-order valence-electron chi connectivity index (χ1n) is 16.0. The zero-order chi connectivity index (χ0) is 34.5. The van der Waals surface area contributed by atoms with E-state index in [2.05, 4.69) is 34.9 Å². The average molecular weight is 654 g/mol. The number of esters is 2. The fraction of sp³-hybridized carbons (Fsp3) is 0.316. The van der Waals surface area contributed by atoms with E-state index in [1.165, 1.54) is 11.8 Å². The van der Waals surface area contributed by atoms with Crippen LogP contribution in [0.15, 0.2) is 97.1 Å². The number of hydrogen-bond acceptors (Lipinski definition) is 7. The third-order valence-electron chi connectivity index (χ3n) is 7.66. The molecule has 0 aromatic heterocycles. The first-order chi connectivity index (χ1) is 23.2. The van der Waals surface area contributed by atoms with E-state index in [1.54, 1.807) is 0 Å². The van der Waals surface area contributed by atoms with Crippen LogP contribution in [-0.2, 0) is 36.9 Å². The van der Waals surface area contributed by atoms with Gasteiger partial charge in [0.25, 0.3) is 0 Å². The number of hydrogen-bond donors (Lipinski definition) is 3. The molecule has 0 radical (unpaired) electrons. The van der Waals surface area contributed by atoms with Gasteiger partial charge in [0.05, 0.1) is 13.2 Å². The fourth-order valence-corrected chi connectivity index (χ4v) is 5.31. The molecule has 0 aliphatic carbocycles. The molecule has 3 N–H and O–H groups in total. The van der Waals surface area contributed by atoms with E-state index < -0.39 is 36.7 Å². The second-order valence-electron chi connectivity index (χ2n) is 11.9. The Morgan fingerprint density at radius 1 is 0.792 bits per heavy atom. The van der Waals surface area contributed by atoms with E-state index >= 15 is 0 Å². The number of benzene rings is 4. The molecule has 3 amide bonds. The minimum Gasteiger partial charge on any atom is -0.462 e. The standard InChI is InChI=1S/C38H43N3O7/c1-26(2)23-41(35(24-42)37(45)47-21-20-39-27(3)43)38(46)40-34(36(44)48-25-29-10-5-4-6-11-29)22-28-16-18-31(19-17-28)33-15-9-13-30-12-7-8-14-32(30)33/h4-19,26,34-35,42H,20-25H2,1-3H3,(H,39,43)(H,40,46)/t34-,35-/m0/s1. The summed E-state index contributed by atoms with van der Waals surface area (Å²) in [7, 11) is 0. The van der Waals surface area contributed by atoms with Gasteiger partial charge in [-0.2, -0.15) is 0 Å². The molecule has 0 heterocycles. The Balaban J connectivity index is 1.55. The maximum Gasteiger partial charge on any atom is 0.331 e. The van der Waals surface area contributed by atoms with Gasteiger partial charge in [-0.05, 0) is 38.9 Å². The fourth-order valence-electron chi connectivity index (χ4n) is 5.31. The largest absolute Gasteiger partial charge is 0.462 e. The highest BCUT2D eigenvalue weighted by atomic mass is 16.5. The molecule has 0 saturated heterocycles. The van der Waals surface area contributed by atoms with Gasteiger partial charge in [0, 0.05) is 19.9 Å². The van der Waals surface area contributed by atoms with Crippen LogP contribution >= 0.6 is 0 Å². The van der Waals surface area contributed by atoms with E-state index in [0.29, 0.717) is 0 Å². The van der Waals surface area contributed by atoms with E-state index in [-0.39, 0.29) is 44.5 Å². The third-order valence-corrected chi connectivity index (χ3v) is 7.66. The van der Waals surface area contributed by atoms with Crippen molar-refractivity contribution in [3.8, 4) is 11.1 Å². The number of ether oxygens (including phenoxy) is 2. The van der Waals surface area contributed by atoms with Crippen molar-refractivity contribution in [2.24, 2.45) is 5.92 Å². The Bertz CT molecular complexity index is 1670. The number of fused-ring (bicyclic) bond motifs is 1. The molecule has 10 heteroatoms. The lowest BCUT2D eigenvalue weighted by Gasteiger charge is -2.32. The Labute approximate surface area is 281 Å². The number of carbonyl (C=O) groups is 4. The van der Waals surface area contributed by atoms with Gasteiger partial charge in [0.1, 0.15) is 19.3 Å². The van der Waals surface area contributed by atoms with Crippen molar-refractivity contribution in [1.29, 1.82) is 0 Å². The molecule has 48 heavy (non-hydrogen) atoms. The summed E-state index contributed by atoms with van der Waals surface area (Å²) >= 11 is 0. The zero-order valence-corrected chi connectivity index (χ0v) is 27.6. The van der Waals surface area contributed by atoms with Gasteiger partial charge in [-0.3, -0.25) is 4.79 Å². The summed E-state index contributed by atoms with van der Waals surface area (Å²) in [6.07, 6.45) is 0.121. The van der Waals surface area contributed by atoms with E-state index in [9.17, 15) is 24.3 Å². The monoisotopic (exact) mass is 653 g/mol. The van der Waals surface area contributed by atoms with Crippen LogP contribution in [0.1, 0.15) is 31.9 Å². The molecule has 0 bridgehead atoms. The molecular weight excluding hydrogens is 610 g/mol. The summed E-state index contributed by atoms with van der Waals surface area (Å²) < 4.78 is 10.9. The van der Waals surface area contributed by atoms with Crippen LogP contribution < -0.4 is 10.6 Å². The maximum absolute atomic E-state index is 13.8. The molecule has 4 aromatic rings. The first-order valence-corrected chi connectivity index (χ1v) is 16.0. The molecule has 0 aliphatic rings. The molecule has 10 nitrogen and oxygen atoms in total. The molecule has 4 rings (SSSR count). The minimum absolute atomic E-state index is 0.0155. The highest BCUT2D eigenvalue weighted by molar-refractivity contribution is 5.96. The minimum atomic E-state index is -1.33. The molecule has 0 saturated carbocycles. The molecule has 252 valence electrons. The van der Waals surface area contributed by atoms with Crippen molar-refractivity contribution >= 4 is 34.6 Å². The van der Waals surface area contributed by atoms with Gasteiger partial charge in [-0.25, -0.2) is 14.4 Å². The number of aliphatic hydroxyl groups excluding tert-OH is 1. The predicted octanol–water partition coefficient (Wildman–Crippen LogP) is 4.87. The molecule has 4 aromatic carbocycles. The van der Waals surface area contributed by atoms with Gasteiger partial charge in [-0.1, -0.05) is 111 Å². The lowest BCUT2D eigenvalue weighted by atomic mass is 9.96. The Kier molecular flexibility index (Phi) is 13.1. The zero-order valence-electron chi connectivity index (χ0n) is 27.6. The third kappa shape index (κ3) is 10.1. The smallest absolute Gasteiger partial charge is 0.331 e. The van der Waals surface area contributed by atoms with Gasteiger partial charge in [0.2, 0.25) is 5.91 Å². The number of amides is 3. The van der Waals surface area contributed by atoms with Crippen molar-refractivity contribution in [3.05, 3.63) is 108 Å². The molecule has 2 atom stereocenters. The normalized spacial score (nSPS) is 12.2. The Hall–Kier alpha value is -5.22. The van der Waals surface area contributed by atoms with Crippen LogP contribution in [0.4, 0.5) is 4.79 Å². The van der Waals surface area contributed by atoms with Crippen LogP contribution in [0, 0.1) is 5.92 Å². The topological polar surface area (TPSA) is 134 Å². The molecule has 0 aliphatic heterocycles. The van der Waals surface area contributed by atoms with Crippen LogP contribution in [0.3, 0.4) is 0 Å². The Morgan fingerprint density at radius 2 is 1.48 bits per heavy atom. The Morgan fingerprint density at radius 3 is 2.17 bits per heavy atom. The first kappa shape index (κ1) is 35.6. The average Bonchev–Trinajstić information content (AvgIpc) is 3.09. The summed E-state index contributed by atoms with van der Waals surface area (Å²) in [4.78, 5) is 52.5. The lowest BCUT2D eigenvalue weighted by Crippen LogP contribution is -2.56. The summed E-state index contributed by atoms with van der Waals surface area (Å²) in [5, 5.41) is 17.7. The number of rotatable bonds is 15. The predicted molar refractivity (Wildman–Crippen MR) is 184 cm³/mol. The quantitative estimate of drug-likeness (QED) is 0.123.